The minimum Gasteiger partial charge on any atom is -0.481 e. The zero-order valence-electron chi connectivity index (χ0n) is 13.1. The number of benzene rings is 1. The molecule has 0 amide bonds. The Kier molecular flexibility index (Phi) is 3.20. The van der Waals surface area contributed by atoms with Gasteiger partial charge in [-0.1, -0.05) is 23.5 Å². The Morgan fingerprint density at radius 1 is 1.04 bits per heavy atom. The summed E-state index contributed by atoms with van der Waals surface area (Å²) in [5, 5.41) is 0. The van der Waals surface area contributed by atoms with Gasteiger partial charge in [-0.3, -0.25) is 4.40 Å². The number of hydrogen-bond donors (Lipinski definition) is 0. The molecule has 5 nitrogen and oxygen atoms in total. The zero-order chi connectivity index (χ0) is 16.0. The predicted octanol–water partition coefficient (Wildman–Crippen LogP) is 3.69. The first-order valence-corrected chi connectivity index (χ1v) is 8.08. The van der Waals surface area contributed by atoms with Crippen LogP contribution in [0.2, 0.25) is 0 Å². The second-order valence-corrected chi connectivity index (χ2v) is 6.46. The van der Waals surface area contributed by atoms with E-state index in [0.29, 0.717) is 5.88 Å². The van der Waals surface area contributed by atoms with Crippen LogP contribution >= 0.6 is 11.3 Å². The fourth-order valence-corrected chi connectivity index (χ4v) is 3.52. The fourth-order valence-electron chi connectivity index (χ4n) is 2.55. The van der Waals surface area contributed by atoms with Crippen LogP contribution in [0.1, 0.15) is 0 Å². The molecule has 0 bridgehead atoms. The average molecular weight is 324 g/mol. The highest BCUT2D eigenvalue weighted by Gasteiger charge is 2.12. The third-order valence-electron chi connectivity index (χ3n) is 3.82. The van der Waals surface area contributed by atoms with Crippen LogP contribution < -0.4 is 9.64 Å². The number of ether oxygens (including phenoxy) is 1. The Hall–Kier alpha value is -2.60. The molecule has 0 unspecified atom stereocenters. The second-order valence-electron chi connectivity index (χ2n) is 5.50. The van der Waals surface area contributed by atoms with Crippen molar-refractivity contribution in [3.63, 3.8) is 0 Å². The molecule has 0 fully saturated rings. The fraction of sp³-hybridized carbons (Fsp3) is 0.176. The third kappa shape index (κ3) is 2.31. The van der Waals surface area contributed by atoms with E-state index in [9.17, 15) is 0 Å². The van der Waals surface area contributed by atoms with Gasteiger partial charge in [0.15, 0.2) is 4.96 Å². The Morgan fingerprint density at radius 2 is 1.83 bits per heavy atom. The van der Waals surface area contributed by atoms with Gasteiger partial charge in [0.05, 0.1) is 18.3 Å². The molecular weight excluding hydrogens is 308 g/mol. The molecule has 1 aromatic carbocycles. The summed E-state index contributed by atoms with van der Waals surface area (Å²) in [4.78, 5) is 13.2. The Balaban J connectivity index is 1.79. The highest BCUT2D eigenvalue weighted by atomic mass is 32.1. The minimum absolute atomic E-state index is 0.626. The van der Waals surface area contributed by atoms with Crippen molar-refractivity contribution in [3.05, 3.63) is 42.6 Å². The summed E-state index contributed by atoms with van der Waals surface area (Å²) in [5.41, 5.74) is 4.31. The molecule has 116 valence electrons. The van der Waals surface area contributed by atoms with Crippen molar-refractivity contribution in [1.82, 2.24) is 14.4 Å². The first-order chi connectivity index (χ1) is 11.2. The standard InChI is InChI=1S/C17H16N4OS/c1-20(2)12-6-4-11(5-7-12)13-10-21-14-8-9-15(22-3)19-16(14)23-17(21)18-13/h4-10H,1-3H3. The van der Waals surface area contributed by atoms with Crippen LogP contribution in [0, 0.1) is 0 Å². The van der Waals surface area contributed by atoms with E-state index in [1.165, 1.54) is 5.69 Å². The number of imidazole rings is 1. The first-order valence-electron chi connectivity index (χ1n) is 7.26. The Labute approximate surface area is 137 Å². The molecule has 3 aromatic heterocycles. The van der Waals surface area contributed by atoms with Gasteiger partial charge in [0.1, 0.15) is 4.83 Å². The average Bonchev–Trinajstić information content (AvgIpc) is 3.11. The van der Waals surface area contributed by atoms with Crippen molar-refractivity contribution in [2.24, 2.45) is 0 Å². The molecule has 0 atom stereocenters. The van der Waals surface area contributed by atoms with Crippen molar-refractivity contribution in [1.29, 1.82) is 0 Å². The molecule has 0 radical (unpaired) electrons. The van der Waals surface area contributed by atoms with Crippen molar-refractivity contribution in [3.8, 4) is 17.1 Å². The molecule has 0 aliphatic carbocycles. The molecule has 0 aliphatic heterocycles. The van der Waals surface area contributed by atoms with Crippen LogP contribution in [-0.2, 0) is 0 Å². The van der Waals surface area contributed by atoms with Crippen LogP contribution in [-0.4, -0.2) is 35.6 Å². The van der Waals surface area contributed by atoms with E-state index >= 15 is 0 Å². The minimum atomic E-state index is 0.626. The number of fused-ring (bicyclic) bond motifs is 3. The number of methoxy groups -OCH3 is 1. The quantitative estimate of drug-likeness (QED) is 0.576. The molecule has 23 heavy (non-hydrogen) atoms. The summed E-state index contributed by atoms with van der Waals surface area (Å²) in [7, 11) is 5.70. The first kappa shape index (κ1) is 14.0. The molecule has 0 saturated heterocycles. The predicted molar refractivity (Wildman–Crippen MR) is 94.7 cm³/mol. The second kappa shape index (κ2) is 5.24. The van der Waals surface area contributed by atoms with Crippen molar-refractivity contribution < 1.29 is 4.74 Å². The van der Waals surface area contributed by atoms with Gasteiger partial charge in [-0.05, 0) is 18.2 Å². The lowest BCUT2D eigenvalue weighted by atomic mass is 10.1. The number of anilines is 1. The van der Waals surface area contributed by atoms with E-state index in [1.54, 1.807) is 18.4 Å². The maximum absolute atomic E-state index is 5.18. The number of hydrogen-bond acceptors (Lipinski definition) is 5. The monoisotopic (exact) mass is 324 g/mol. The topological polar surface area (TPSA) is 42.7 Å². The Morgan fingerprint density at radius 3 is 2.52 bits per heavy atom. The Bertz CT molecular complexity index is 985. The van der Waals surface area contributed by atoms with E-state index in [2.05, 4.69) is 44.7 Å². The van der Waals surface area contributed by atoms with Gasteiger partial charge >= 0.3 is 0 Å². The number of rotatable bonds is 3. The molecular formula is C17H16N4OS. The molecule has 0 N–H and O–H groups in total. The summed E-state index contributed by atoms with van der Waals surface area (Å²) in [6.45, 7) is 0. The summed E-state index contributed by atoms with van der Waals surface area (Å²) in [5.74, 6) is 0.626. The van der Waals surface area contributed by atoms with Crippen molar-refractivity contribution in [2.45, 2.75) is 0 Å². The van der Waals surface area contributed by atoms with E-state index in [4.69, 9.17) is 9.72 Å². The molecule has 3 heterocycles. The SMILES string of the molecule is COc1ccc2c(n1)sc1nc(-c3ccc(N(C)C)cc3)cn12. The summed E-state index contributed by atoms with van der Waals surface area (Å²) in [6.07, 6.45) is 2.06. The lowest BCUT2D eigenvalue weighted by molar-refractivity contribution is 0.400. The lowest BCUT2D eigenvalue weighted by Crippen LogP contribution is -2.07. The zero-order valence-corrected chi connectivity index (χ0v) is 14.0. The van der Waals surface area contributed by atoms with Crippen LogP contribution in [0.4, 0.5) is 5.69 Å². The van der Waals surface area contributed by atoms with Crippen LogP contribution in [0.5, 0.6) is 5.88 Å². The molecule has 0 spiro atoms. The molecule has 0 aliphatic rings. The summed E-state index contributed by atoms with van der Waals surface area (Å²) < 4.78 is 7.27. The van der Waals surface area contributed by atoms with E-state index < -0.39 is 0 Å². The number of pyridine rings is 1. The van der Waals surface area contributed by atoms with E-state index in [-0.39, 0.29) is 0 Å². The number of thiazole rings is 1. The van der Waals surface area contributed by atoms with Gasteiger partial charge in [-0.25, -0.2) is 9.97 Å². The largest absolute Gasteiger partial charge is 0.481 e. The molecule has 4 aromatic rings. The van der Waals surface area contributed by atoms with Crippen molar-refractivity contribution in [2.75, 3.05) is 26.1 Å². The van der Waals surface area contributed by atoms with Crippen LogP contribution in [0.15, 0.2) is 42.6 Å². The normalized spacial score (nSPS) is 11.3. The molecule has 4 rings (SSSR count). The van der Waals surface area contributed by atoms with Crippen LogP contribution in [0.25, 0.3) is 26.6 Å². The van der Waals surface area contributed by atoms with Gasteiger partial charge in [-0.15, -0.1) is 0 Å². The van der Waals surface area contributed by atoms with Gasteiger partial charge in [0.25, 0.3) is 0 Å². The summed E-state index contributed by atoms with van der Waals surface area (Å²) >= 11 is 1.57. The van der Waals surface area contributed by atoms with Crippen molar-refractivity contribution >= 4 is 32.3 Å². The van der Waals surface area contributed by atoms with E-state index in [1.807, 2.05) is 26.2 Å². The van der Waals surface area contributed by atoms with Gasteiger partial charge < -0.3 is 9.64 Å². The van der Waals surface area contributed by atoms with Gasteiger partial charge in [0.2, 0.25) is 5.88 Å². The smallest absolute Gasteiger partial charge is 0.214 e. The molecule has 6 heteroatoms. The lowest BCUT2D eigenvalue weighted by Gasteiger charge is -2.12. The third-order valence-corrected chi connectivity index (χ3v) is 4.79. The summed E-state index contributed by atoms with van der Waals surface area (Å²) in [6, 6.07) is 12.3. The van der Waals surface area contributed by atoms with Gasteiger partial charge in [0, 0.05) is 37.6 Å². The highest BCUT2D eigenvalue weighted by Crippen LogP contribution is 2.30. The number of aromatic nitrogens is 3. The highest BCUT2D eigenvalue weighted by molar-refractivity contribution is 7.23. The maximum Gasteiger partial charge on any atom is 0.214 e. The maximum atomic E-state index is 5.18. The van der Waals surface area contributed by atoms with E-state index in [0.717, 1.165) is 26.6 Å². The van der Waals surface area contributed by atoms with Crippen LogP contribution in [0.3, 0.4) is 0 Å². The molecule has 0 saturated carbocycles. The number of nitrogens with zero attached hydrogens (tertiary/aromatic N) is 4. The van der Waals surface area contributed by atoms with Gasteiger partial charge in [-0.2, -0.15) is 0 Å².